The molecule has 0 atom stereocenters. The Labute approximate surface area is 134 Å². The third-order valence-corrected chi connectivity index (χ3v) is 3.87. The number of hydrogen-bond acceptors (Lipinski definition) is 1. The molecule has 23 heavy (non-hydrogen) atoms. The molecule has 0 fully saturated rings. The number of aryl methyl sites for hydroxylation is 1. The highest BCUT2D eigenvalue weighted by Gasteiger charge is 2.15. The van der Waals surface area contributed by atoms with Crippen molar-refractivity contribution in [3.63, 3.8) is 0 Å². The second kappa shape index (κ2) is 6.21. The van der Waals surface area contributed by atoms with Gasteiger partial charge in [0.15, 0.2) is 0 Å². The first-order valence-electron chi connectivity index (χ1n) is 7.30. The van der Waals surface area contributed by atoms with Crippen LogP contribution in [0, 0.1) is 18.6 Å². The minimum atomic E-state index is -0.339. The second-order valence-corrected chi connectivity index (χ2v) is 5.33. The minimum Gasteiger partial charge on any atom is -0.496 e. The van der Waals surface area contributed by atoms with E-state index < -0.39 is 0 Å². The van der Waals surface area contributed by atoms with E-state index in [-0.39, 0.29) is 11.6 Å². The van der Waals surface area contributed by atoms with Gasteiger partial charge in [-0.15, -0.1) is 0 Å². The molecule has 0 N–H and O–H groups in total. The summed E-state index contributed by atoms with van der Waals surface area (Å²) in [5, 5.41) is 0. The van der Waals surface area contributed by atoms with Crippen molar-refractivity contribution in [3.05, 3.63) is 77.9 Å². The van der Waals surface area contributed by atoms with E-state index in [1.807, 2.05) is 13.0 Å². The normalized spacial score (nSPS) is 10.6. The molecule has 1 nitrogen and oxygen atoms in total. The van der Waals surface area contributed by atoms with Crippen LogP contribution in [0.4, 0.5) is 8.78 Å². The number of rotatable bonds is 3. The lowest BCUT2D eigenvalue weighted by atomic mass is 9.94. The summed E-state index contributed by atoms with van der Waals surface area (Å²) in [4.78, 5) is 0. The van der Waals surface area contributed by atoms with E-state index in [1.165, 1.54) is 12.1 Å². The summed E-state index contributed by atoms with van der Waals surface area (Å²) >= 11 is 0. The predicted molar refractivity (Wildman–Crippen MR) is 88.5 cm³/mol. The molecule has 0 heterocycles. The molecule has 3 heteroatoms. The third-order valence-electron chi connectivity index (χ3n) is 3.87. The van der Waals surface area contributed by atoms with E-state index in [0.717, 1.165) is 11.1 Å². The first-order valence-corrected chi connectivity index (χ1v) is 7.30. The van der Waals surface area contributed by atoms with Gasteiger partial charge in [0.25, 0.3) is 0 Å². The quantitative estimate of drug-likeness (QED) is 0.610. The lowest BCUT2D eigenvalue weighted by Gasteiger charge is -2.15. The Morgan fingerprint density at radius 2 is 1.22 bits per heavy atom. The molecule has 0 aliphatic rings. The molecule has 116 valence electrons. The van der Waals surface area contributed by atoms with E-state index in [0.29, 0.717) is 22.4 Å². The summed E-state index contributed by atoms with van der Waals surface area (Å²) in [7, 11) is 1.54. The van der Waals surface area contributed by atoms with Crippen LogP contribution in [0.3, 0.4) is 0 Å². The fourth-order valence-electron chi connectivity index (χ4n) is 2.71. The van der Waals surface area contributed by atoms with E-state index >= 15 is 0 Å². The van der Waals surface area contributed by atoms with Gasteiger partial charge in [-0.25, -0.2) is 8.78 Å². The van der Waals surface area contributed by atoms with Gasteiger partial charge < -0.3 is 4.74 Å². The molecule has 0 aliphatic carbocycles. The van der Waals surface area contributed by atoms with Crippen LogP contribution in [-0.2, 0) is 0 Å². The van der Waals surface area contributed by atoms with Gasteiger partial charge in [0.1, 0.15) is 17.4 Å². The molecule has 0 radical (unpaired) electrons. The molecular formula is C20H16F2O. The zero-order valence-corrected chi connectivity index (χ0v) is 12.9. The summed E-state index contributed by atoms with van der Waals surface area (Å²) in [5.41, 5.74) is 3.12. The van der Waals surface area contributed by atoms with Crippen LogP contribution in [0.2, 0.25) is 0 Å². The van der Waals surface area contributed by atoms with Gasteiger partial charge >= 0.3 is 0 Å². The molecule has 0 unspecified atom stereocenters. The minimum absolute atomic E-state index is 0.305. The van der Waals surface area contributed by atoms with Crippen molar-refractivity contribution in [2.75, 3.05) is 7.11 Å². The topological polar surface area (TPSA) is 9.23 Å². The van der Waals surface area contributed by atoms with Crippen LogP contribution in [0.25, 0.3) is 22.3 Å². The number of hydrogen-bond donors (Lipinski definition) is 0. The van der Waals surface area contributed by atoms with Gasteiger partial charge in [0, 0.05) is 16.7 Å². The van der Waals surface area contributed by atoms with Crippen molar-refractivity contribution in [1.82, 2.24) is 0 Å². The maximum absolute atomic E-state index is 14.2. The van der Waals surface area contributed by atoms with Crippen molar-refractivity contribution < 1.29 is 13.5 Å². The molecule has 3 rings (SSSR count). The van der Waals surface area contributed by atoms with E-state index in [9.17, 15) is 8.78 Å². The predicted octanol–water partition coefficient (Wildman–Crippen LogP) is 5.62. The maximum atomic E-state index is 14.2. The van der Waals surface area contributed by atoms with Crippen LogP contribution in [0.15, 0.2) is 60.7 Å². The SMILES string of the molecule is COc1cc(C)c(-c2ccccc2F)cc1-c1ccccc1F. The summed E-state index contributed by atoms with van der Waals surface area (Å²) in [6.07, 6.45) is 0. The van der Waals surface area contributed by atoms with E-state index in [1.54, 1.807) is 49.6 Å². The van der Waals surface area contributed by atoms with Crippen molar-refractivity contribution >= 4 is 0 Å². The molecule has 0 bridgehead atoms. The summed E-state index contributed by atoms with van der Waals surface area (Å²) in [5.74, 6) is -0.0814. The van der Waals surface area contributed by atoms with Crippen molar-refractivity contribution in [2.45, 2.75) is 6.92 Å². The Hall–Kier alpha value is -2.68. The monoisotopic (exact) mass is 310 g/mol. The van der Waals surface area contributed by atoms with Crippen molar-refractivity contribution in [3.8, 4) is 28.0 Å². The fraction of sp³-hybridized carbons (Fsp3) is 0.100. The summed E-state index contributed by atoms with van der Waals surface area (Å²) in [6.45, 7) is 1.88. The van der Waals surface area contributed by atoms with Crippen molar-refractivity contribution in [2.24, 2.45) is 0 Å². The average molecular weight is 310 g/mol. The van der Waals surface area contributed by atoms with E-state index in [4.69, 9.17) is 4.74 Å². The first-order chi connectivity index (χ1) is 11.1. The highest BCUT2D eigenvalue weighted by Crippen LogP contribution is 2.38. The van der Waals surface area contributed by atoms with Gasteiger partial charge in [-0.05, 0) is 42.3 Å². The Kier molecular flexibility index (Phi) is 4.11. The number of benzene rings is 3. The number of halogens is 2. The van der Waals surface area contributed by atoms with Crippen molar-refractivity contribution in [1.29, 1.82) is 0 Å². The maximum Gasteiger partial charge on any atom is 0.131 e. The van der Waals surface area contributed by atoms with Gasteiger partial charge in [0.2, 0.25) is 0 Å². The largest absolute Gasteiger partial charge is 0.496 e. The molecule has 0 saturated carbocycles. The Balaban J connectivity index is 2.27. The zero-order chi connectivity index (χ0) is 16.4. The first kappa shape index (κ1) is 15.2. The van der Waals surface area contributed by atoms with Crippen LogP contribution in [0.5, 0.6) is 5.75 Å². The Morgan fingerprint density at radius 1 is 0.696 bits per heavy atom. The molecule has 0 aliphatic heterocycles. The lowest BCUT2D eigenvalue weighted by Crippen LogP contribution is -1.95. The fourth-order valence-corrected chi connectivity index (χ4v) is 2.71. The lowest BCUT2D eigenvalue weighted by molar-refractivity contribution is 0.416. The molecule has 0 aromatic heterocycles. The zero-order valence-electron chi connectivity index (χ0n) is 12.9. The Bertz CT molecular complexity index is 856. The standard InChI is InChI=1S/C20H16F2O/c1-13-11-20(23-2)17(15-8-4-6-10-19(15)22)12-16(13)14-7-3-5-9-18(14)21/h3-12H,1-2H3. The van der Waals surface area contributed by atoms with Gasteiger partial charge in [0.05, 0.1) is 7.11 Å². The number of methoxy groups -OCH3 is 1. The molecule has 0 amide bonds. The average Bonchev–Trinajstić information content (AvgIpc) is 2.56. The molecule has 3 aromatic carbocycles. The summed E-state index contributed by atoms with van der Waals surface area (Å²) in [6, 6.07) is 16.6. The number of ether oxygens (including phenoxy) is 1. The molecular weight excluding hydrogens is 294 g/mol. The van der Waals surface area contributed by atoms with Crippen LogP contribution in [0.1, 0.15) is 5.56 Å². The highest BCUT2D eigenvalue weighted by molar-refractivity contribution is 5.80. The molecule has 0 spiro atoms. The molecule has 0 saturated heterocycles. The summed E-state index contributed by atoms with van der Waals surface area (Å²) < 4.78 is 33.7. The van der Waals surface area contributed by atoms with Crippen LogP contribution >= 0.6 is 0 Å². The molecule has 3 aromatic rings. The van der Waals surface area contributed by atoms with Crippen LogP contribution in [-0.4, -0.2) is 7.11 Å². The second-order valence-electron chi connectivity index (χ2n) is 5.33. The van der Waals surface area contributed by atoms with Crippen LogP contribution < -0.4 is 4.74 Å². The smallest absolute Gasteiger partial charge is 0.131 e. The van der Waals surface area contributed by atoms with Gasteiger partial charge in [-0.1, -0.05) is 36.4 Å². The van der Waals surface area contributed by atoms with Gasteiger partial charge in [-0.2, -0.15) is 0 Å². The van der Waals surface area contributed by atoms with Gasteiger partial charge in [-0.3, -0.25) is 0 Å². The third kappa shape index (κ3) is 2.82. The highest BCUT2D eigenvalue weighted by atomic mass is 19.1. The van der Waals surface area contributed by atoms with E-state index in [2.05, 4.69) is 0 Å². The Morgan fingerprint density at radius 3 is 1.74 bits per heavy atom.